The van der Waals surface area contributed by atoms with E-state index in [-0.39, 0.29) is 0 Å². The first-order valence-corrected chi connectivity index (χ1v) is 30.7. The molecule has 0 unspecified atom stereocenters. The normalized spacial score (nSPS) is 11.2. The molecule has 6 nitrogen and oxygen atoms in total. The molecule has 0 atom stereocenters. The number of rotatable bonds is 11. The second kappa shape index (κ2) is 23.0. The van der Waals surface area contributed by atoms with Crippen molar-refractivity contribution in [3.8, 4) is 130 Å². The van der Waals surface area contributed by atoms with E-state index in [1.807, 2.05) is 60.8 Å². The fourth-order valence-electron chi connectivity index (χ4n) is 14.0. The SMILES string of the molecule is N#Cc1ccc2c(c1)c1ccccc1n2-c1ccc(-c2c(-c3c(-c4ccccc4)cccc3-c3ccccc3)c(C#N)c(-c3cccnc3)c(-c3c(-c4ccccc4)cccc3-c3ccccc3)c2-c2ccc(-n3c4ccccc4c4cc(C#N)ccc43)cc2)cc1. The van der Waals surface area contributed by atoms with E-state index >= 15 is 0 Å². The zero-order valence-electron chi connectivity index (χ0n) is 49.7. The minimum Gasteiger partial charge on any atom is -0.309 e. The third-order valence-electron chi connectivity index (χ3n) is 18.0. The first kappa shape index (κ1) is 54.5. The summed E-state index contributed by atoms with van der Waals surface area (Å²) in [4.78, 5) is 4.89. The molecule has 0 N–H and O–H groups in total. The van der Waals surface area contributed by atoms with Crippen LogP contribution in [0.5, 0.6) is 0 Å². The molecule has 0 spiro atoms. The highest BCUT2D eigenvalue weighted by atomic mass is 15.0. The third-order valence-corrected chi connectivity index (χ3v) is 18.0. The van der Waals surface area contributed by atoms with Gasteiger partial charge in [0.2, 0.25) is 0 Å². The van der Waals surface area contributed by atoms with Crippen LogP contribution in [0.1, 0.15) is 16.7 Å². The molecule has 16 aromatic rings. The number of para-hydroxylation sites is 2. The molecule has 0 aliphatic carbocycles. The summed E-state index contributed by atoms with van der Waals surface area (Å²) in [6.07, 6.45) is 3.71. The Kier molecular flexibility index (Phi) is 13.6. The van der Waals surface area contributed by atoms with Gasteiger partial charge in [-0.3, -0.25) is 4.98 Å². The van der Waals surface area contributed by atoms with E-state index in [1.54, 1.807) is 6.20 Å². The zero-order valence-corrected chi connectivity index (χ0v) is 49.7. The number of nitrogens with zero attached hydrogens (tertiary/aromatic N) is 6. The van der Waals surface area contributed by atoms with Crippen LogP contribution in [-0.4, -0.2) is 14.1 Å². The van der Waals surface area contributed by atoms with Crippen LogP contribution < -0.4 is 0 Å². The number of hydrogen-bond donors (Lipinski definition) is 0. The lowest BCUT2D eigenvalue weighted by molar-refractivity contribution is 1.18. The summed E-state index contributed by atoms with van der Waals surface area (Å²) in [6.45, 7) is 0. The van der Waals surface area contributed by atoms with Crippen molar-refractivity contribution in [1.82, 2.24) is 14.1 Å². The number of hydrogen-bond acceptors (Lipinski definition) is 4. The average molecular weight is 1170 g/mol. The van der Waals surface area contributed by atoms with E-state index in [0.717, 1.165) is 155 Å². The standard InChI is InChI=1S/C86H52N6/c87-52-56-37-47-78-73(50-56)71-29-13-15-35-76(71)91(78)65-43-39-62(40-44-65)81-82(63-41-45-66(46-42-63)92-77-36-16-14-30-72(77)74-51-57(53-88)38-48-79(74)92)86(84-69(60-24-9-3-10-25-60)33-18-34-70(84)61-26-11-4-12-27-61)80(64-28-19-49-90-55-64)75(54-89)85(81)83-67(58-20-5-1-6-21-58)31-17-32-68(83)59-22-7-2-8-23-59/h1-51,55H. The Balaban J connectivity index is 1.11. The third kappa shape index (κ3) is 9.13. The summed E-state index contributed by atoms with van der Waals surface area (Å²) >= 11 is 0. The molecule has 0 radical (unpaired) electrons. The van der Waals surface area contributed by atoms with Crippen molar-refractivity contribution < 1.29 is 0 Å². The van der Waals surface area contributed by atoms with E-state index in [1.165, 1.54) is 0 Å². The molecule has 0 saturated carbocycles. The Bertz CT molecular complexity index is 5560. The molecule has 92 heavy (non-hydrogen) atoms. The van der Waals surface area contributed by atoms with Crippen molar-refractivity contribution in [2.45, 2.75) is 0 Å². The maximum absolute atomic E-state index is 12.9. The lowest BCUT2D eigenvalue weighted by Crippen LogP contribution is -2.06. The van der Waals surface area contributed by atoms with Gasteiger partial charge in [-0.15, -0.1) is 0 Å². The summed E-state index contributed by atoms with van der Waals surface area (Å²) in [5.41, 5.74) is 24.2. The minimum atomic E-state index is 0.493. The van der Waals surface area contributed by atoms with E-state index in [0.29, 0.717) is 16.7 Å². The van der Waals surface area contributed by atoms with Crippen LogP contribution in [-0.2, 0) is 0 Å². The minimum absolute atomic E-state index is 0.493. The second-order valence-corrected chi connectivity index (χ2v) is 23.0. The zero-order chi connectivity index (χ0) is 61.7. The van der Waals surface area contributed by atoms with E-state index in [2.05, 4.69) is 276 Å². The molecule has 0 aliphatic rings. The van der Waals surface area contributed by atoms with Gasteiger partial charge in [-0.2, -0.15) is 15.8 Å². The Labute approximate surface area is 532 Å². The number of fused-ring (bicyclic) bond motifs is 6. The predicted molar refractivity (Wildman–Crippen MR) is 376 cm³/mol. The molecule has 6 heteroatoms. The van der Waals surface area contributed by atoms with Gasteiger partial charge >= 0.3 is 0 Å². The van der Waals surface area contributed by atoms with Crippen LogP contribution in [0.3, 0.4) is 0 Å². The number of pyridine rings is 1. The Morgan fingerprint density at radius 1 is 0.250 bits per heavy atom. The highest BCUT2D eigenvalue weighted by Gasteiger charge is 2.34. The van der Waals surface area contributed by atoms with Gasteiger partial charge in [0.1, 0.15) is 6.07 Å². The van der Waals surface area contributed by atoms with Crippen LogP contribution >= 0.6 is 0 Å². The molecule has 0 bridgehead atoms. The molecular weight excluding hydrogens is 1120 g/mol. The number of aromatic nitrogens is 3. The van der Waals surface area contributed by atoms with Gasteiger partial charge in [-0.25, -0.2) is 0 Å². The van der Waals surface area contributed by atoms with Crippen LogP contribution in [0.25, 0.3) is 155 Å². The van der Waals surface area contributed by atoms with Crippen LogP contribution in [0.2, 0.25) is 0 Å². The highest BCUT2D eigenvalue weighted by Crippen LogP contribution is 2.58. The Morgan fingerprint density at radius 3 is 1.01 bits per heavy atom. The van der Waals surface area contributed by atoms with Crippen LogP contribution in [0, 0.1) is 34.0 Å². The number of benzene rings is 13. The molecule has 426 valence electrons. The average Bonchev–Trinajstić information content (AvgIpc) is 0.941. The highest BCUT2D eigenvalue weighted by molar-refractivity contribution is 6.17. The van der Waals surface area contributed by atoms with E-state index in [4.69, 9.17) is 4.98 Å². The molecular formula is C86H52N6. The fourth-order valence-corrected chi connectivity index (χ4v) is 14.0. The van der Waals surface area contributed by atoms with Crippen molar-refractivity contribution >= 4 is 43.6 Å². The molecule has 0 saturated heterocycles. The van der Waals surface area contributed by atoms with Gasteiger partial charge in [-0.1, -0.05) is 224 Å². The van der Waals surface area contributed by atoms with E-state index < -0.39 is 0 Å². The lowest BCUT2D eigenvalue weighted by Gasteiger charge is -2.30. The lowest BCUT2D eigenvalue weighted by atomic mass is 9.72. The largest absolute Gasteiger partial charge is 0.309 e. The summed E-state index contributed by atoms with van der Waals surface area (Å²) in [5, 5.41) is 37.2. The molecule has 16 rings (SSSR count). The van der Waals surface area contributed by atoms with Crippen molar-refractivity contribution in [2.24, 2.45) is 0 Å². The topological polar surface area (TPSA) is 94.1 Å². The smallest absolute Gasteiger partial charge is 0.100 e. The molecule has 0 fully saturated rings. The molecule has 3 aromatic heterocycles. The Hall–Kier alpha value is -12.9. The van der Waals surface area contributed by atoms with Crippen molar-refractivity contribution in [3.63, 3.8) is 0 Å². The summed E-state index contributed by atoms with van der Waals surface area (Å²) in [7, 11) is 0. The molecule has 13 aromatic carbocycles. The van der Waals surface area contributed by atoms with E-state index in [9.17, 15) is 15.8 Å². The monoisotopic (exact) mass is 1170 g/mol. The van der Waals surface area contributed by atoms with Gasteiger partial charge in [0.15, 0.2) is 0 Å². The van der Waals surface area contributed by atoms with Gasteiger partial charge in [0, 0.05) is 67.6 Å². The first-order chi connectivity index (χ1) is 45.6. The molecule has 3 heterocycles. The van der Waals surface area contributed by atoms with Gasteiger partial charge in [0.05, 0.1) is 50.9 Å². The fraction of sp³-hybridized carbons (Fsp3) is 0. The Morgan fingerprint density at radius 2 is 0.620 bits per heavy atom. The van der Waals surface area contributed by atoms with Crippen molar-refractivity contribution in [3.05, 3.63) is 332 Å². The van der Waals surface area contributed by atoms with Crippen LogP contribution in [0.4, 0.5) is 0 Å². The quantitative estimate of drug-likeness (QED) is 0.129. The molecule has 0 amide bonds. The maximum atomic E-state index is 12.9. The van der Waals surface area contributed by atoms with Crippen molar-refractivity contribution in [2.75, 3.05) is 0 Å². The summed E-state index contributed by atoms with van der Waals surface area (Å²) in [6, 6.07) is 114. The summed E-state index contributed by atoms with van der Waals surface area (Å²) < 4.78 is 4.57. The van der Waals surface area contributed by atoms with Gasteiger partial charge < -0.3 is 9.13 Å². The van der Waals surface area contributed by atoms with Gasteiger partial charge in [0.25, 0.3) is 0 Å². The predicted octanol–water partition coefficient (Wildman–Crippen LogP) is 21.9. The number of nitriles is 3. The maximum Gasteiger partial charge on any atom is 0.100 e. The molecule has 0 aliphatic heterocycles. The van der Waals surface area contributed by atoms with Gasteiger partial charge in [-0.05, 0) is 157 Å². The van der Waals surface area contributed by atoms with Crippen molar-refractivity contribution in [1.29, 1.82) is 15.8 Å². The first-order valence-electron chi connectivity index (χ1n) is 30.7. The summed E-state index contributed by atoms with van der Waals surface area (Å²) in [5.74, 6) is 0. The van der Waals surface area contributed by atoms with Crippen LogP contribution in [0.15, 0.2) is 316 Å². The second-order valence-electron chi connectivity index (χ2n) is 23.0.